The van der Waals surface area contributed by atoms with Gasteiger partial charge in [0.2, 0.25) is 17.7 Å². The minimum Gasteiger partial charge on any atom is -0.318 e. The second-order valence-corrected chi connectivity index (χ2v) is 4.41. The molecule has 3 amide bonds. The van der Waals surface area contributed by atoms with Gasteiger partial charge in [-0.2, -0.15) is 0 Å². The highest BCUT2D eigenvalue weighted by Gasteiger charge is 2.32. The van der Waals surface area contributed by atoms with E-state index in [2.05, 4.69) is 5.32 Å². The lowest BCUT2D eigenvalue weighted by atomic mass is 10.1. The van der Waals surface area contributed by atoms with Gasteiger partial charge in [0.15, 0.2) is 0 Å². The molecule has 1 saturated heterocycles. The molecule has 1 fully saturated rings. The van der Waals surface area contributed by atoms with Crippen LogP contribution in [-0.2, 0) is 14.4 Å². The van der Waals surface area contributed by atoms with Gasteiger partial charge in [-0.1, -0.05) is 18.2 Å². The number of piperazine rings is 1. The van der Waals surface area contributed by atoms with Crippen molar-refractivity contribution in [2.45, 2.75) is 13.0 Å². The maximum atomic E-state index is 13.4. The first-order valence-corrected chi connectivity index (χ1v) is 6.06. The van der Waals surface area contributed by atoms with Crippen LogP contribution in [0.25, 0.3) is 6.08 Å². The number of rotatable bonds is 2. The summed E-state index contributed by atoms with van der Waals surface area (Å²) in [4.78, 5) is 35.8. The molecule has 20 heavy (non-hydrogen) atoms. The zero-order chi connectivity index (χ0) is 14.7. The van der Waals surface area contributed by atoms with E-state index < -0.39 is 29.6 Å². The SMILES string of the molecule is CC1C(=O)NC(=O)CN1C(=O)C=Cc1ccccc1F. The second kappa shape index (κ2) is 5.64. The van der Waals surface area contributed by atoms with Crippen molar-refractivity contribution in [3.05, 3.63) is 41.7 Å². The molecule has 0 spiro atoms. The minimum atomic E-state index is -0.731. The van der Waals surface area contributed by atoms with Crippen LogP contribution in [0.15, 0.2) is 30.3 Å². The Morgan fingerprint density at radius 3 is 2.80 bits per heavy atom. The number of nitrogens with zero attached hydrogens (tertiary/aromatic N) is 1. The quantitative estimate of drug-likeness (QED) is 0.639. The smallest absolute Gasteiger partial charge is 0.249 e. The van der Waals surface area contributed by atoms with E-state index in [9.17, 15) is 18.8 Å². The summed E-state index contributed by atoms with van der Waals surface area (Å²) in [7, 11) is 0. The Kier molecular flexibility index (Phi) is 3.93. The van der Waals surface area contributed by atoms with Gasteiger partial charge in [0.25, 0.3) is 0 Å². The van der Waals surface area contributed by atoms with Crippen LogP contribution in [0, 0.1) is 5.82 Å². The van der Waals surface area contributed by atoms with Gasteiger partial charge >= 0.3 is 0 Å². The van der Waals surface area contributed by atoms with Crippen molar-refractivity contribution >= 4 is 23.8 Å². The molecule has 1 aliphatic heterocycles. The van der Waals surface area contributed by atoms with Crippen LogP contribution in [0.5, 0.6) is 0 Å². The maximum absolute atomic E-state index is 13.4. The molecule has 1 aliphatic rings. The molecule has 1 aromatic rings. The third-order valence-corrected chi connectivity index (χ3v) is 3.02. The van der Waals surface area contributed by atoms with Crippen molar-refractivity contribution in [3.8, 4) is 0 Å². The number of halogens is 1. The molecule has 0 aliphatic carbocycles. The summed E-state index contributed by atoms with van der Waals surface area (Å²) in [6.07, 6.45) is 2.47. The molecule has 1 aromatic carbocycles. The molecule has 0 saturated carbocycles. The summed E-state index contributed by atoms with van der Waals surface area (Å²) in [5.74, 6) is -2.00. The van der Waals surface area contributed by atoms with Crippen molar-refractivity contribution in [3.63, 3.8) is 0 Å². The van der Waals surface area contributed by atoms with Crippen LogP contribution in [0.2, 0.25) is 0 Å². The Bertz CT molecular complexity index is 598. The number of carbonyl (C=O) groups is 3. The number of imide groups is 1. The molecular weight excluding hydrogens is 263 g/mol. The molecule has 5 nitrogen and oxygen atoms in total. The van der Waals surface area contributed by atoms with Crippen LogP contribution >= 0.6 is 0 Å². The van der Waals surface area contributed by atoms with Crippen molar-refractivity contribution in [1.29, 1.82) is 0 Å². The highest BCUT2D eigenvalue weighted by molar-refractivity contribution is 6.06. The van der Waals surface area contributed by atoms with Crippen molar-refractivity contribution in [2.75, 3.05) is 6.54 Å². The monoisotopic (exact) mass is 276 g/mol. The fourth-order valence-corrected chi connectivity index (χ4v) is 1.85. The van der Waals surface area contributed by atoms with Crippen LogP contribution in [0.3, 0.4) is 0 Å². The number of amides is 3. The third kappa shape index (κ3) is 2.90. The van der Waals surface area contributed by atoms with Crippen LogP contribution < -0.4 is 5.32 Å². The number of nitrogens with one attached hydrogen (secondary N) is 1. The number of hydrogen-bond acceptors (Lipinski definition) is 3. The van der Waals surface area contributed by atoms with Gasteiger partial charge in [-0.3, -0.25) is 19.7 Å². The van der Waals surface area contributed by atoms with Gasteiger partial charge < -0.3 is 4.90 Å². The van der Waals surface area contributed by atoms with Gasteiger partial charge in [0.1, 0.15) is 18.4 Å². The minimum absolute atomic E-state index is 0.187. The van der Waals surface area contributed by atoms with E-state index in [0.29, 0.717) is 0 Å². The second-order valence-electron chi connectivity index (χ2n) is 4.41. The lowest BCUT2D eigenvalue weighted by Gasteiger charge is -2.30. The summed E-state index contributed by atoms with van der Waals surface area (Å²) in [5, 5.41) is 2.14. The summed E-state index contributed by atoms with van der Waals surface area (Å²) in [6.45, 7) is 1.34. The fraction of sp³-hybridized carbons (Fsp3) is 0.214. The van der Waals surface area contributed by atoms with Crippen LogP contribution in [0.4, 0.5) is 4.39 Å². The largest absolute Gasteiger partial charge is 0.318 e. The molecule has 2 rings (SSSR count). The Labute approximate surface area is 115 Å². The Balaban J connectivity index is 2.13. The molecule has 0 aromatic heterocycles. The zero-order valence-electron chi connectivity index (χ0n) is 10.8. The van der Waals surface area contributed by atoms with E-state index in [-0.39, 0.29) is 12.1 Å². The van der Waals surface area contributed by atoms with E-state index in [1.165, 1.54) is 25.1 Å². The zero-order valence-corrected chi connectivity index (χ0v) is 10.8. The standard InChI is InChI=1S/C14H13FN2O3/c1-9-14(20)16-12(18)8-17(9)13(19)7-6-10-4-2-3-5-11(10)15/h2-7,9H,8H2,1H3,(H,16,18,20). The molecule has 6 heteroatoms. The lowest BCUT2D eigenvalue weighted by molar-refractivity contribution is -0.147. The summed E-state index contributed by atoms with van der Waals surface area (Å²) >= 11 is 0. The Morgan fingerprint density at radius 2 is 2.10 bits per heavy atom. The number of hydrogen-bond donors (Lipinski definition) is 1. The molecule has 0 bridgehead atoms. The summed E-state index contributed by atoms with van der Waals surface area (Å²) in [6, 6.07) is 5.27. The predicted molar refractivity (Wildman–Crippen MR) is 69.8 cm³/mol. The molecule has 104 valence electrons. The summed E-state index contributed by atoms with van der Waals surface area (Å²) in [5.41, 5.74) is 0.265. The topological polar surface area (TPSA) is 66.5 Å². The van der Waals surface area contributed by atoms with Crippen LogP contribution in [-0.4, -0.2) is 35.2 Å². The molecular formula is C14H13FN2O3. The number of carbonyl (C=O) groups excluding carboxylic acids is 3. The predicted octanol–water partition coefficient (Wildman–Crippen LogP) is 0.712. The average Bonchev–Trinajstić information content (AvgIpc) is 2.41. The van der Waals surface area contributed by atoms with Crippen molar-refractivity contribution in [2.24, 2.45) is 0 Å². The first-order chi connectivity index (χ1) is 9.49. The fourth-order valence-electron chi connectivity index (χ4n) is 1.85. The first kappa shape index (κ1) is 13.9. The van der Waals surface area contributed by atoms with Crippen LogP contribution in [0.1, 0.15) is 12.5 Å². The van der Waals surface area contributed by atoms with Gasteiger partial charge in [-0.05, 0) is 19.1 Å². The van der Waals surface area contributed by atoms with Crippen molar-refractivity contribution in [1.82, 2.24) is 10.2 Å². The average molecular weight is 276 g/mol. The lowest BCUT2D eigenvalue weighted by Crippen LogP contribution is -2.58. The normalized spacial score (nSPS) is 19.3. The Hall–Kier alpha value is -2.50. The molecule has 1 N–H and O–H groups in total. The van der Waals surface area contributed by atoms with E-state index in [4.69, 9.17) is 0 Å². The third-order valence-electron chi connectivity index (χ3n) is 3.02. The number of benzene rings is 1. The van der Waals surface area contributed by atoms with E-state index >= 15 is 0 Å². The maximum Gasteiger partial charge on any atom is 0.249 e. The van der Waals surface area contributed by atoms with E-state index in [0.717, 1.165) is 11.0 Å². The van der Waals surface area contributed by atoms with Gasteiger partial charge in [0, 0.05) is 11.6 Å². The molecule has 1 unspecified atom stereocenters. The highest BCUT2D eigenvalue weighted by Crippen LogP contribution is 2.10. The highest BCUT2D eigenvalue weighted by atomic mass is 19.1. The molecule has 1 atom stereocenters. The van der Waals surface area contributed by atoms with Crippen molar-refractivity contribution < 1.29 is 18.8 Å². The summed E-state index contributed by atoms with van der Waals surface area (Å²) < 4.78 is 13.4. The molecule has 1 heterocycles. The van der Waals surface area contributed by atoms with E-state index in [1.54, 1.807) is 12.1 Å². The molecule has 0 radical (unpaired) electrons. The van der Waals surface area contributed by atoms with Gasteiger partial charge in [-0.15, -0.1) is 0 Å². The van der Waals surface area contributed by atoms with E-state index in [1.807, 2.05) is 0 Å². The van der Waals surface area contributed by atoms with Gasteiger partial charge in [-0.25, -0.2) is 4.39 Å². The Morgan fingerprint density at radius 1 is 1.40 bits per heavy atom. The first-order valence-electron chi connectivity index (χ1n) is 6.06. The van der Waals surface area contributed by atoms with Gasteiger partial charge in [0.05, 0.1) is 0 Å².